The third-order valence-corrected chi connectivity index (χ3v) is 4.38. The molecular weight excluding hydrogens is 300 g/mol. The molecule has 0 heterocycles. The largest absolute Gasteiger partial charge is 0.481 e. The Bertz CT molecular complexity index is 641. The molecule has 21 heavy (non-hydrogen) atoms. The Morgan fingerprint density at radius 3 is 2.62 bits per heavy atom. The van der Waals surface area contributed by atoms with E-state index in [4.69, 9.17) is 5.11 Å². The number of carboxylic acids is 1. The maximum absolute atomic E-state index is 12.1. The lowest BCUT2D eigenvalue weighted by Crippen LogP contribution is -2.25. The monoisotopic (exact) mass is 316 g/mol. The fraction of sp³-hybridized carbons (Fsp3) is 0.417. The van der Waals surface area contributed by atoms with Gasteiger partial charge < -0.3 is 5.11 Å². The quantitative estimate of drug-likeness (QED) is 0.424. The first-order valence-corrected chi connectivity index (χ1v) is 7.69. The number of sulfonamides is 1. The highest BCUT2D eigenvalue weighted by molar-refractivity contribution is 7.89. The molecule has 0 aliphatic carbocycles. The Kier molecular flexibility index (Phi) is 5.79. The molecule has 0 unspecified atom stereocenters. The number of nitrogens with zero attached hydrogens (tertiary/aromatic N) is 1. The van der Waals surface area contributed by atoms with Gasteiger partial charge in [0.15, 0.2) is 0 Å². The van der Waals surface area contributed by atoms with Crippen LogP contribution in [0.1, 0.15) is 24.8 Å². The SMILES string of the molecule is Cc1ccc([N+](=O)[O-])cc1S(=O)(=O)NCCCCC(=O)O. The summed E-state index contributed by atoms with van der Waals surface area (Å²) in [7, 11) is -3.85. The van der Waals surface area contributed by atoms with Gasteiger partial charge in [0.25, 0.3) is 5.69 Å². The lowest BCUT2D eigenvalue weighted by Gasteiger charge is -2.08. The highest BCUT2D eigenvalue weighted by atomic mass is 32.2. The van der Waals surface area contributed by atoms with Gasteiger partial charge in [-0.15, -0.1) is 0 Å². The Hall–Kier alpha value is -2.00. The molecule has 0 atom stereocenters. The van der Waals surface area contributed by atoms with E-state index < -0.39 is 20.9 Å². The first kappa shape index (κ1) is 17.1. The molecule has 8 nitrogen and oxygen atoms in total. The van der Waals surface area contributed by atoms with Crippen molar-refractivity contribution in [2.45, 2.75) is 31.1 Å². The van der Waals surface area contributed by atoms with Gasteiger partial charge >= 0.3 is 5.97 Å². The summed E-state index contributed by atoms with van der Waals surface area (Å²) >= 11 is 0. The van der Waals surface area contributed by atoms with Crippen LogP contribution in [0.25, 0.3) is 0 Å². The van der Waals surface area contributed by atoms with Gasteiger partial charge in [0.05, 0.1) is 9.82 Å². The van der Waals surface area contributed by atoms with Crippen molar-refractivity contribution >= 4 is 21.7 Å². The van der Waals surface area contributed by atoms with Gasteiger partial charge in [-0.05, 0) is 25.3 Å². The van der Waals surface area contributed by atoms with Crippen molar-refractivity contribution in [1.82, 2.24) is 4.72 Å². The van der Waals surface area contributed by atoms with Crippen LogP contribution in [0.3, 0.4) is 0 Å². The number of nitro benzene ring substituents is 1. The summed E-state index contributed by atoms with van der Waals surface area (Å²) < 4.78 is 26.5. The third-order valence-electron chi connectivity index (χ3n) is 2.78. The molecule has 0 aliphatic heterocycles. The van der Waals surface area contributed by atoms with Gasteiger partial charge in [0, 0.05) is 25.1 Å². The van der Waals surface area contributed by atoms with Crippen LogP contribution in [0.2, 0.25) is 0 Å². The molecule has 0 aromatic heterocycles. The van der Waals surface area contributed by atoms with Crippen molar-refractivity contribution in [2.24, 2.45) is 0 Å². The number of aliphatic carboxylic acids is 1. The van der Waals surface area contributed by atoms with E-state index in [1.54, 1.807) is 6.92 Å². The summed E-state index contributed by atoms with van der Waals surface area (Å²) in [5.74, 6) is -0.938. The molecule has 0 saturated heterocycles. The Morgan fingerprint density at radius 1 is 1.38 bits per heavy atom. The summed E-state index contributed by atoms with van der Waals surface area (Å²) in [4.78, 5) is 20.2. The first-order valence-electron chi connectivity index (χ1n) is 6.20. The Morgan fingerprint density at radius 2 is 2.05 bits per heavy atom. The summed E-state index contributed by atoms with van der Waals surface area (Å²) in [5, 5.41) is 19.2. The lowest BCUT2D eigenvalue weighted by atomic mass is 10.2. The minimum Gasteiger partial charge on any atom is -0.481 e. The predicted molar refractivity (Wildman–Crippen MR) is 74.5 cm³/mol. The Balaban J connectivity index is 2.76. The van der Waals surface area contributed by atoms with Gasteiger partial charge in [-0.2, -0.15) is 0 Å². The number of non-ortho nitro benzene ring substituents is 1. The van der Waals surface area contributed by atoms with Gasteiger partial charge in [0.2, 0.25) is 10.0 Å². The molecule has 116 valence electrons. The number of benzene rings is 1. The second-order valence-corrected chi connectivity index (χ2v) is 6.19. The highest BCUT2D eigenvalue weighted by Crippen LogP contribution is 2.21. The predicted octanol–water partition coefficient (Wildman–Crippen LogP) is 1.44. The number of aryl methyl sites for hydroxylation is 1. The normalized spacial score (nSPS) is 11.3. The molecule has 0 radical (unpaired) electrons. The first-order chi connectivity index (χ1) is 9.74. The zero-order valence-electron chi connectivity index (χ0n) is 11.4. The van der Waals surface area contributed by atoms with Crippen LogP contribution in [-0.2, 0) is 14.8 Å². The van der Waals surface area contributed by atoms with Crippen molar-refractivity contribution < 1.29 is 23.2 Å². The minimum absolute atomic E-state index is 0.0302. The van der Waals surface area contributed by atoms with E-state index in [-0.39, 0.29) is 23.5 Å². The number of carbonyl (C=O) groups is 1. The second-order valence-electron chi connectivity index (χ2n) is 4.46. The molecule has 0 fully saturated rings. The van der Waals surface area contributed by atoms with Crippen molar-refractivity contribution in [3.63, 3.8) is 0 Å². The van der Waals surface area contributed by atoms with Crippen LogP contribution in [-0.4, -0.2) is 31.0 Å². The number of unbranched alkanes of at least 4 members (excludes halogenated alkanes) is 1. The fourth-order valence-electron chi connectivity index (χ4n) is 1.68. The van der Waals surface area contributed by atoms with Crippen molar-refractivity contribution in [2.75, 3.05) is 6.54 Å². The van der Waals surface area contributed by atoms with Gasteiger partial charge in [-0.1, -0.05) is 6.07 Å². The zero-order valence-corrected chi connectivity index (χ0v) is 12.2. The molecule has 0 aliphatic rings. The minimum atomic E-state index is -3.85. The van der Waals surface area contributed by atoms with E-state index in [2.05, 4.69) is 4.72 Å². The third kappa shape index (κ3) is 5.12. The van der Waals surface area contributed by atoms with E-state index >= 15 is 0 Å². The summed E-state index contributed by atoms with van der Waals surface area (Å²) in [5.41, 5.74) is 0.102. The number of hydrogen-bond acceptors (Lipinski definition) is 5. The van der Waals surface area contributed by atoms with Gasteiger partial charge in [0.1, 0.15) is 0 Å². The molecule has 1 aromatic rings. The van der Waals surface area contributed by atoms with Crippen LogP contribution in [0.5, 0.6) is 0 Å². The van der Waals surface area contributed by atoms with Crippen LogP contribution < -0.4 is 4.72 Å². The number of rotatable bonds is 8. The fourth-order valence-corrected chi connectivity index (χ4v) is 3.01. The van der Waals surface area contributed by atoms with Gasteiger partial charge in [-0.25, -0.2) is 13.1 Å². The number of carboxylic acid groups (broad SMARTS) is 1. The number of hydrogen-bond donors (Lipinski definition) is 2. The van der Waals surface area contributed by atoms with Crippen LogP contribution in [0, 0.1) is 17.0 Å². The van der Waals surface area contributed by atoms with E-state index in [9.17, 15) is 23.3 Å². The Labute approximate surface area is 122 Å². The molecule has 0 amide bonds. The van der Waals surface area contributed by atoms with Crippen LogP contribution >= 0.6 is 0 Å². The zero-order chi connectivity index (χ0) is 16.0. The average molecular weight is 316 g/mol. The van der Waals surface area contributed by atoms with Crippen LogP contribution in [0.4, 0.5) is 5.69 Å². The van der Waals surface area contributed by atoms with E-state index in [0.29, 0.717) is 18.4 Å². The van der Waals surface area contributed by atoms with E-state index in [1.807, 2.05) is 0 Å². The highest BCUT2D eigenvalue weighted by Gasteiger charge is 2.19. The molecule has 0 bridgehead atoms. The molecule has 1 rings (SSSR count). The molecule has 1 aromatic carbocycles. The maximum atomic E-state index is 12.1. The molecule has 9 heteroatoms. The summed E-state index contributed by atoms with van der Waals surface area (Å²) in [6.07, 6.45) is 0.697. The molecule has 0 saturated carbocycles. The van der Waals surface area contributed by atoms with Crippen LogP contribution in [0.15, 0.2) is 23.1 Å². The maximum Gasteiger partial charge on any atom is 0.303 e. The molecular formula is C12H16N2O6S. The smallest absolute Gasteiger partial charge is 0.303 e. The van der Waals surface area contributed by atoms with E-state index in [0.717, 1.165) is 6.07 Å². The lowest BCUT2D eigenvalue weighted by molar-refractivity contribution is -0.385. The summed E-state index contributed by atoms with van der Waals surface area (Å²) in [6.45, 7) is 1.63. The topological polar surface area (TPSA) is 127 Å². The molecule has 2 N–H and O–H groups in total. The van der Waals surface area contributed by atoms with Crippen molar-refractivity contribution in [1.29, 1.82) is 0 Å². The average Bonchev–Trinajstić information content (AvgIpc) is 2.37. The standard InChI is InChI=1S/C12H16N2O6S/c1-9-5-6-10(14(17)18)8-11(9)21(19,20)13-7-3-2-4-12(15)16/h5-6,8,13H,2-4,7H2,1H3,(H,15,16). The molecule has 0 spiro atoms. The summed E-state index contributed by atoms with van der Waals surface area (Å²) in [6, 6.07) is 3.62. The van der Waals surface area contributed by atoms with Crippen molar-refractivity contribution in [3.8, 4) is 0 Å². The number of nitrogens with one attached hydrogen (secondary N) is 1. The van der Waals surface area contributed by atoms with E-state index in [1.165, 1.54) is 12.1 Å². The van der Waals surface area contributed by atoms with Gasteiger partial charge in [-0.3, -0.25) is 14.9 Å². The van der Waals surface area contributed by atoms with Crippen molar-refractivity contribution in [3.05, 3.63) is 33.9 Å². The number of nitro groups is 1. The second kappa shape index (κ2) is 7.14.